The molecule has 1 N–H and O–H groups in total. The molecule has 4 nitrogen and oxygen atoms in total. The van der Waals surface area contributed by atoms with Crippen LogP contribution in [0.3, 0.4) is 0 Å². The first-order chi connectivity index (χ1) is 8.19. The number of nitrogens with one attached hydrogen (secondary N) is 1. The van der Waals surface area contributed by atoms with Gasteiger partial charge in [-0.3, -0.25) is 14.4 Å². The molecule has 0 fully saturated rings. The van der Waals surface area contributed by atoms with E-state index >= 15 is 0 Å². The largest absolute Gasteiger partial charge is 0.353 e. The van der Waals surface area contributed by atoms with Gasteiger partial charge in [0, 0.05) is 24.6 Å². The van der Waals surface area contributed by atoms with E-state index in [1.54, 1.807) is 30.4 Å². The average Bonchev–Trinajstić information content (AvgIpc) is 2.34. The van der Waals surface area contributed by atoms with Crippen molar-refractivity contribution in [2.45, 2.75) is 6.92 Å². The van der Waals surface area contributed by atoms with Crippen LogP contribution < -0.4 is 5.32 Å². The molecule has 0 saturated heterocycles. The molecule has 0 saturated carbocycles. The predicted octanol–water partition coefficient (Wildman–Crippen LogP) is 1.46. The van der Waals surface area contributed by atoms with Crippen LogP contribution in [0.2, 0.25) is 0 Å². The highest BCUT2D eigenvalue weighted by Gasteiger charge is 2.03. The van der Waals surface area contributed by atoms with E-state index in [4.69, 9.17) is 0 Å². The monoisotopic (exact) mass is 231 g/mol. The van der Waals surface area contributed by atoms with Crippen LogP contribution in [0, 0.1) is 0 Å². The Morgan fingerprint density at radius 3 is 2.29 bits per heavy atom. The highest BCUT2D eigenvalue weighted by atomic mass is 16.1. The van der Waals surface area contributed by atoms with Gasteiger partial charge in [-0.1, -0.05) is 30.4 Å². The summed E-state index contributed by atoms with van der Waals surface area (Å²) in [5.41, 5.74) is 1.48. The molecule has 4 heteroatoms. The van der Waals surface area contributed by atoms with Gasteiger partial charge in [0.1, 0.15) is 0 Å². The molecular weight excluding hydrogens is 218 g/mol. The van der Waals surface area contributed by atoms with Crippen molar-refractivity contribution in [2.24, 2.45) is 0 Å². The number of amides is 1. The Morgan fingerprint density at radius 2 is 1.82 bits per heavy atom. The zero-order chi connectivity index (χ0) is 12.7. The maximum atomic E-state index is 10.8. The van der Waals surface area contributed by atoms with Gasteiger partial charge in [-0.05, 0) is 5.56 Å². The molecule has 0 radical (unpaired) electrons. The Hall–Kier alpha value is -2.23. The molecule has 0 aliphatic carbocycles. The van der Waals surface area contributed by atoms with Gasteiger partial charge in [-0.2, -0.15) is 0 Å². The van der Waals surface area contributed by atoms with E-state index in [0.717, 1.165) is 0 Å². The molecule has 1 aromatic carbocycles. The summed E-state index contributed by atoms with van der Waals surface area (Å²) in [6.07, 6.45) is 4.75. The number of rotatable bonds is 5. The summed E-state index contributed by atoms with van der Waals surface area (Å²) >= 11 is 0. The quantitative estimate of drug-likeness (QED) is 0.780. The maximum Gasteiger partial charge on any atom is 0.217 e. The molecule has 1 rings (SSSR count). The fourth-order valence-corrected chi connectivity index (χ4v) is 1.38. The lowest BCUT2D eigenvalue weighted by Crippen LogP contribution is -2.19. The van der Waals surface area contributed by atoms with Crippen molar-refractivity contribution in [1.29, 1.82) is 0 Å². The molecule has 0 heterocycles. The minimum atomic E-state index is -0.131. The van der Waals surface area contributed by atoms with Gasteiger partial charge in [-0.15, -0.1) is 0 Å². The summed E-state index contributed by atoms with van der Waals surface area (Å²) in [7, 11) is 0. The van der Waals surface area contributed by atoms with Crippen LogP contribution >= 0.6 is 0 Å². The van der Waals surface area contributed by atoms with Crippen molar-refractivity contribution < 1.29 is 14.4 Å². The van der Waals surface area contributed by atoms with Crippen molar-refractivity contribution in [3.05, 3.63) is 41.0 Å². The van der Waals surface area contributed by atoms with Crippen LogP contribution in [0.1, 0.15) is 33.2 Å². The summed E-state index contributed by atoms with van der Waals surface area (Å²) in [6.45, 7) is 1.78. The third-order valence-corrected chi connectivity index (χ3v) is 2.18. The SMILES string of the molecule is CC(=O)NCC=Cc1c(C=O)cccc1C=O. The molecule has 0 bridgehead atoms. The van der Waals surface area contributed by atoms with Crippen LogP contribution in [0.5, 0.6) is 0 Å². The smallest absolute Gasteiger partial charge is 0.217 e. The molecule has 0 atom stereocenters. The minimum Gasteiger partial charge on any atom is -0.353 e. The van der Waals surface area contributed by atoms with Gasteiger partial charge in [0.2, 0.25) is 5.91 Å². The molecule has 0 aliphatic rings. The summed E-state index contributed by atoms with van der Waals surface area (Å²) in [5.74, 6) is -0.131. The first-order valence-corrected chi connectivity index (χ1v) is 5.13. The fraction of sp³-hybridized carbons (Fsp3) is 0.154. The fourth-order valence-electron chi connectivity index (χ4n) is 1.38. The van der Waals surface area contributed by atoms with E-state index in [1.165, 1.54) is 6.92 Å². The van der Waals surface area contributed by atoms with Gasteiger partial charge in [0.15, 0.2) is 12.6 Å². The Labute approximate surface area is 99.3 Å². The first-order valence-electron chi connectivity index (χ1n) is 5.13. The van der Waals surface area contributed by atoms with E-state index in [2.05, 4.69) is 5.32 Å². The molecule has 17 heavy (non-hydrogen) atoms. The van der Waals surface area contributed by atoms with Crippen molar-refractivity contribution >= 4 is 24.6 Å². The van der Waals surface area contributed by atoms with Crippen LogP contribution in [-0.4, -0.2) is 25.0 Å². The summed E-state index contributed by atoms with van der Waals surface area (Å²) in [4.78, 5) is 32.3. The van der Waals surface area contributed by atoms with E-state index < -0.39 is 0 Å². The minimum absolute atomic E-state index is 0.131. The molecule has 0 unspecified atom stereocenters. The second-order valence-corrected chi connectivity index (χ2v) is 3.43. The molecule has 0 spiro atoms. The number of hydrogen-bond acceptors (Lipinski definition) is 3. The van der Waals surface area contributed by atoms with Gasteiger partial charge < -0.3 is 5.32 Å². The second-order valence-electron chi connectivity index (χ2n) is 3.43. The third-order valence-electron chi connectivity index (χ3n) is 2.18. The van der Waals surface area contributed by atoms with Crippen LogP contribution in [0.15, 0.2) is 24.3 Å². The standard InChI is InChI=1S/C13H13NO3/c1-10(17)14-7-3-6-13-11(8-15)4-2-5-12(13)9-16/h2-6,8-9H,7H2,1H3,(H,14,17). The number of hydrogen-bond donors (Lipinski definition) is 1. The molecule has 0 aliphatic heterocycles. The number of carbonyl (C=O) groups excluding carboxylic acids is 3. The Balaban J connectivity index is 2.91. The van der Waals surface area contributed by atoms with Gasteiger partial charge >= 0.3 is 0 Å². The molecule has 0 aromatic heterocycles. The van der Waals surface area contributed by atoms with Crippen molar-refractivity contribution in [1.82, 2.24) is 5.32 Å². The maximum absolute atomic E-state index is 10.8. The topological polar surface area (TPSA) is 63.2 Å². The van der Waals surface area contributed by atoms with Gasteiger partial charge in [0.05, 0.1) is 0 Å². The normalized spacial score (nSPS) is 10.2. The van der Waals surface area contributed by atoms with Crippen molar-refractivity contribution in [3.63, 3.8) is 0 Å². The van der Waals surface area contributed by atoms with E-state index in [1.807, 2.05) is 0 Å². The third kappa shape index (κ3) is 3.68. The number of benzene rings is 1. The summed E-state index contributed by atoms with van der Waals surface area (Å²) < 4.78 is 0. The van der Waals surface area contributed by atoms with Crippen LogP contribution in [-0.2, 0) is 4.79 Å². The molecule has 1 aromatic rings. The number of aldehydes is 2. The van der Waals surface area contributed by atoms with Crippen LogP contribution in [0.25, 0.3) is 6.08 Å². The number of carbonyl (C=O) groups is 3. The lowest BCUT2D eigenvalue weighted by molar-refractivity contribution is -0.118. The van der Waals surface area contributed by atoms with Gasteiger partial charge in [0.25, 0.3) is 0 Å². The molecule has 88 valence electrons. The van der Waals surface area contributed by atoms with E-state index in [-0.39, 0.29) is 5.91 Å². The highest BCUT2D eigenvalue weighted by Crippen LogP contribution is 2.13. The zero-order valence-electron chi connectivity index (χ0n) is 9.47. The van der Waals surface area contributed by atoms with E-state index in [9.17, 15) is 14.4 Å². The Bertz CT molecular complexity index is 437. The van der Waals surface area contributed by atoms with Crippen molar-refractivity contribution in [2.75, 3.05) is 6.54 Å². The highest BCUT2D eigenvalue weighted by molar-refractivity contribution is 5.90. The molecule has 1 amide bonds. The van der Waals surface area contributed by atoms with Crippen molar-refractivity contribution in [3.8, 4) is 0 Å². The van der Waals surface area contributed by atoms with Gasteiger partial charge in [-0.25, -0.2) is 0 Å². The van der Waals surface area contributed by atoms with Crippen LogP contribution in [0.4, 0.5) is 0 Å². The predicted molar refractivity (Wildman–Crippen MR) is 64.9 cm³/mol. The Kier molecular flexibility index (Phi) is 4.81. The summed E-state index contributed by atoms with van der Waals surface area (Å²) in [6, 6.07) is 4.93. The lowest BCUT2D eigenvalue weighted by atomic mass is 10.0. The Morgan fingerprint density at radius 1 is 1.24 bits per heavy atom. The summed E-state index contributed by atoms with van der Waals surface area (Å²) in [5, 5.41) is 2.59. The lowest BCUT2D eigenvalue weighted by Gasteiger charge is -2.02. The van der Waals surface area contributed by atoms with E-state index in [0.29, 0.717) is 35.8 Å². The molecular formula is C13H13NO3. The average molecular weight is 231 g/mol. The second kappa shape index (κ2) is 6.37. The zero-order valence-corrected chi connectivity index (χ0v) is 9.47. The first kappa shape index (κ1) is 12.8.